The van der Waals surface area contributed by atoms with E-state index >= 15 is 0 Å². The third-order valence-electron chi connectivity index (χ3n) is 5.25. The van der Waals surface area contributed by atoms with Crippen LogP contribution in [0, 0.1) is 0 Å². The van der Waals surface area contributed by atoms with Crippen LogP contribution in [0.4, 0.5) is 17.2 Å². The summed E-state index contributed by atoms with van der Waals surface area (Å²) >= 11 is 0. The van der Waals surface area contributed by atoms with Crippen molar-refractivity contribution in [2.45, 2.75) is 33.0 Å². The van der Waals surface area contributed by atoms with Crippen LogP contribution in [-0.4, -0.2) is 21.8 Å². The topological polar surface area (TPSA) is 28.2 Å². The molecule has 0 fully saturated rings. The summed E-state index contributed by atoms with van der Waals surface area (Å²) in [5.74, 6) is 2.13. The molecule has 1 aliphatic rings. The van der Waals surface area contributed by atoms with Gasteiger partial charge in [-0.15, -0.1) is 0 Å². The van der Waals surface area contributed by atoms with Gasteiger partial charge in [-0.3, -0.25) is 0 Å². The molecule has 0 N–H and O–H groups in total. The maximum Gasteiger partial charge on any atom is 0.283 e. The minimum absolute atomic E-state index is 0.246. The first kappa shape index (κ1) is 16.6. The molecular formula is C21H26N5+. The number of fused-ring (bicyclic) bond motifs is 1. The van der Waals surface area contributed by atoms with Crippen molar-refractivity contribution in [3.63, 3.8) is 0 Å². The van der Waals surface area contributed by atoms with E-state index in [0.717, 1.165) is 17.3 Å². The van der Waals surface area contributed by atoms with Gasteiger partial charge in [0.25, 0.3) is 5.82 Å². The van der Waals surface area contributed by atoms with E-state index in [4.69, 9.17) is 0 Å². The van der Waals surface area contributed by atoms with Crippen LogP contribution < -0.4 is 14.4 Å². The summed E-state index contributed by atoms with van der Waals surface area (Å²) in [5, 5.41) is 0. The smallest absolute Gasteiger partial charge is 0.283 e. The highest BCUT2D eigenvalue weighted by molar-refractivity contribution is 5.82. The number of imidazole rings is 1. The van der Waals surface area contributed by atoms with E-state index in [0.29, 0.717) is 6.04 Å². The molecule has 2 aromatic heterocycles. The van der Waals surface area contributed by atoms with Crippen LogP contribution in [0.25, 0.3) is 11.5 Å². The van der Waals surface area contributed by atoms with Crippen molar-refractivity contribution in [3.8, 4) is 11.5 Å². The molecule has 5 nitrogen and oxygen atoms in total. The van der Waals surface area contributed by atoms with E-state index in [1.54, 1.807) is 0 Å². The molecule has 1 atom stereocenters. The van der Waals surface area contributed by atoms with E-state index in [-0.39, 0.29) is 6.17 Å². The lowest BCUT2D eigenvalue weighted by molar-refractivity contribution is -0.647. The van der Waals surface area contributed by atoms with Gasteiger partial charge in [-0.25, -0.2) is 14.5 Å². The Labute approximate surface area is 155 Å². The molecule has 5 heteroatoms. The van der Waals surface area contributed by atoms with Crippen LogP contribution in [0.1, 0.15) is 20.8 Å². The number of aromatic nitrogens is 3. The van der Waals surface area contributed by atoms with Crippen LogP contribution >= 0.6 is 0 Å². The van der Waals surface area contributed by atoms with Gasteiger partial charge in [0.15, 0.2) is 23.4 Å². The van der Waals surface area contributed by atoms with Crippen LogP contribution in [0.15, 0.2) is 54.9 Å². The molecule has 0 saturated carbocycles. The highest BCUT2D eigenvalue weighted by Crippen LogP contribution is 2.43. The molecule has 26 heavy (non-hydrogen) atoms. The van der Waals surface area contributed by atoms with E-state index in [2.05, 4.69) is 94.2 Å². The second kappa shape index (κ2) is 6.16. The van der Waals surface area contributed by atoms with Crippen molar-refractivity contribution < 1.29 is 4.57 Å². The number of anilines is 3. The van der Waals surface area contributed by atoms with Crippen LogP contribution in [0.2, 0.25) is 0 Å². The van der Waals surface area contributed by atoms with Gasteiger partial charge in [-0.05, 0) is 45.0 Å². The molecule has 4 rings (SSSR count). The summed E-state index contributed by atoms with van der Waals surface area (Å²) in [4.78, 5) is 9.43. The third kappa shape index (κ3) is 2.38. The zero-order valence-electron chi connectivity index (χ0n) is 16.1. The zero-order chi connectivity index (χ0) is 18.4. The van der Waals surface area contributed by atoms with Crippen molar-refractivity contribution in [2.24, 2.45) is 14.1 Å². The first-order valence-electron chi connectivity index (χ1n) is 9.14. The Morgan fingerprint density at radius 1 is 1.04 bits per heavy atom. The molecule has 0 saturated heterocycles. The standard InChI is InChI=1S/C21H26N5/c1-15(2)25-16(3)26(18-10-7-6-9-17(18)25)20-12-8-11-19(24(20)5)21-22-13-14-23(21)4/h6-16H,1-5H3/q+1. The first-order chi connectivity index (χ1) is 12.5. The highest BCUT2D eigenvalue weighted by atomic mass is 15.4. The van der Waals surface area contributed by atoms with Crippen LogP contribution in [0.5, 0.6) is 0 Å². The van der Waals surface area contributed by atoms with Gasteiger partial charge >= 0.3 is 0 Å². The number of benzene rings is 1. The molecule has 3 heterocycles. The monoisotopic (exact) mass is 348 g/mol. The summed E-state index contributed by atoms with van der Waals surface area (Å²) in [6, 6.07) is 15.5. The van der Waals surface area contributed by atoms with Gasteiger partial charge in [0, 0.05) is 31.5 Å². The molecular weight excluding hydrogens is 322 g/mol. The summed E-state index contributed by atoms with van der Waals surface area (Å²) in [5.41, 5.74) is 3.64. The Hall–Kier alpha value is -2.82. The van der Waals surface area contributed by atoms with E-state index in [9.17, 15) is 0 Å². The van der Waals surface area contributed by atoms with Crippen LogP contribution in [-0.2, 0) is 14.1 Å². The number of hydrogen-bond donors (Lipinski definition) is 0. The summed E-state index contributed by atoms with van der Waals surface area (Å²) in [6.45, 7) is 6.77. The van der Waals surface area contributed by atoms with Gasteiger partial charge in [0.1, 0.15) is 0 Å². The molecule has 1 aliphatic heterocycles. The Morgan fingerprint density at radius 3 is 2.42 bits per heavy atom. The van der Waals surface area contributed by atoms with Crippen molar-refractivity contribution in [3.05, 3.63) is 54.9 Å². The van der Waals surface area contributed by atoms with Gasteiger partial charge in [0.2, 0.25) is 0 Å². The van der Waals surface area contributed by atoms with Crippen molar-refractivity contribution in [1.29, 1.82) is 0 Å². The molecule has 0 spiro atoms. The second-order valence-electron chi connectivity index (χ2n) is 7.18. The SMILES string of the molecule is CC(C)N1c2ccccc2N(c2cccc(-c3nccn3C)[n+]2C)C1C. The number of pyridine rings is 1. The summed E-state index contributed by atoms with van der Waals surface area (Å²) in [6.07, 6.45) is 4.07. The normalized spacial score (nSPS) is 16.5. The molecule has 0 amide bonds. The van der Waals surface area contributed by atoms with Crippen molar-refractivity contribution in [2.75, 3.05) is 9.80 Å². The second-order valence-corrected chi connectivity index (χ2v) is 7.18. The lowest BCUT2D eigenvalue weighted by Crippen LogP contribution is -2.47. The fraction of sp³-hybridized carbons (Fsp3) is 0.333. The van der Waals surface area contributed by atoms with Crippen molar-refractivity contribution in [1.82, 2.24) is 9.55 Å². The third-order valence-corrected chi connectivity index (χ3v) is 5.25. The number of aryl methyl sites for hydroxylation is 1. The van der Waals surface area contributed by atoms with E-state index in [1.807, 2.05) is 19.4 Å². The molecule has 1 unspecified atom stereocenters. The minimum atomic E-state index is 0.246. The largest absolute Gasteiger partial charge is 0.331 e. The summed E-state index contributed by atoms with van der Waals surface area (Å²) in [7, 11) is 4.15. The van der Waals surface area contributed by atoms with Crippen molar-refractivity contribution >= 4 is 17.2 Å². The number of para-hydroxylation sites is 2. The van der Waals surface area contributed by atoms with Gasteiger partial charge in [0.05, 0.1) is 12.7 Å². The van der Waals surface area contributed by atoms with Gasteiger partial charge < -0.3 is 9.47 Å². The quantitative estimate of drug-likeness (QED) is 0.677. The molecule has 0 bridgehead atoms. The van der Waals surface area contributed by atoms with Gasteiger partial charge in [-0.1, -0.05) is 12.1 Å². The minimum Gasteiger partial charge on any atom is -0.331 e. The summed E-state index contributed by atoms with van der Waals surface area (Å²) < 4.78 is 4.29. The zero-order valence-corrected chi connectivity index (χ0v) is 16.1. The van der Waals surface area contributed by atoms with Crippen LogP contribution in [0.3, 0.4) is 0 Å². The Kier molecular flexibility index (Phi) is 3.94. The molecule has 0 radical (unpaired) electrons. The lowest BCUT2D eigenvalue weighted by Gasteiger charge is -2.28. The fourth-order valence-electron chi connectivity index (χ4n) is 4.09. The predicted molar refractivity (Wildman–Crippen MR) is 105 cm³/mol. The first-order valence-corrected chi connectivity index (χ1v) is 9.14. The van der Waals surface area contributed by atoms with E-state index < -0.39 is 0 Å². The molecule has 1 aromatic carbocycles. The average Bonchev–Trinajstić information content (AvgIpc) is 3.16. The highest BCUT2D eigenvalue weighted by Gasteiger charge is 2.42. The van der Waals surface area contributed by atoms with E-state index in [1.165, 1.54) is 11.4 Å². The lowest BCUT2D eigenvalue weighted by atomic mass is 10.2. The molecule has 3 aromatic rings. The Morgan fingerprint density at radius 2 is 1.77 bits per heavy atom. The fourth-order valence-corrected chi connectivity index (χ4v) is 4.09. The number of nitrogens with zero attached hydrogens (tertiary/aromatic N) is 5. The Bertz CT molecular complexity index is 943. The maximum atomic E-state index is 4.53. The predicted octanol–water partition coefficient (Wildman–Crippen LogP) is 3.62. The Balaban J connectivity index is 1.88. The maximum absolute atomic E-state index is 4.53. The van der Waals surface area contributed by atoms with Gasteiger partial charge in [-0.2, -0.15) is 0 Å². The average molecular weight is 348 g/mol. The number of hydrogen-bond acceptors (Lipinski definition) is 3. The number of rotatable bonds is 3. The molecule has 0 aliphatic carbocycles. The molecule has 134 valence electrons.